The molecule has 5 nitrogen and oxygen atoms in total. The largest absolute Gasteiger partial charge is 0.395 e. The smallest absolute Gasteiger partial charge is 0.230 e. The molecule has 1 saturated heterocycles. The van der Waals surface area contributed by atoms with Crippen LogP contribution < -0.4 is 5.32 Å². The minimum Gasteiger partial charge on any atom is -0.395 e. The van der Waals surface area contributed by atoms with E-state index in [0.29, 0.717) is 19.7 Å². The first-order valence-electron chi connectivity index (χ1n) is 5.74. The fourth-order valence-electron chi connectivity index (χ4n) is 2.02. The van der Waals surface area contributed by atoms with Crippen molar-refractivity contribution in [1.82, 2.24) is 10.2 Å². The molecule has 2 N–H and O–H groups in total. The SMILES string of the molecule is COCCN(CCO)C(=O)C1(C)CCNC1. The molecule has 94 valence electrons. The average Bonchev–Trinajstić information content (AvgIpc) is 2.72. The quantitative estimate of drug-likeness (QED) is 0.643. The summed E-state index contributed by atoms with van der Waals surface area (Å²) < 4.78 is 4.97. The highest BCUT2D eigenvalue weighted by Gasteiger charge is 2.38. The lowest BCUT2D eigenvalue weighted by Crippen LogP contribution is -2.46. The van der Waals surface area contributed by atoms with E-state index in [9.17, 15) is 4.79 Å². The van der Waals surface area contributed by atoms with Crippen LogP contribution in [0.25, 0.3) is 0 Å². The third-order valence-corrected chi connectivity index (χ3v) is 3.11. The number of nitrogens with one attached hydrogen (secondary N) is 1. The Bertz CT molecular complexity index is 227. The van der Waals surface area contributed by atoms with E-state index in [4.69, 9.17) is 9.84 Å². The van der Waals surface area contributed by atoms with E-state index in [1.54, 1.807) is 12.0 Å². The van der Waals surface area contributed by atoms with Gasteiger partial charge in [0, 0.05) is 26.7 Å². The lowest BCUT2D eigenvalue weighted by Gasteiger charge is -2.30. The molecule has 1 aliphatic heterocycles. The van der Waals surface area contributed by atoms with Crippen LogP contribution in [0.15, 0.2) is 0 Å². The van der Waals surface area contributed by atoms with Crippen LogP contribution in [-0.4, -0.2) is 62.4 Å². The Kier molecular flexibility index (Phi) is 5.18. The second-order valence-electron chi connectivity index (χ2n) is 4.50. The number of methoxy groups -OCH3 is 1. The van der Waals surface area contributed by atoms with E-state index < -0.39 is 0 Å². The molecule has 1 atom stereocenters. The molecule has 1 amide bonds. The molecule has 1 aliphatic rings. The van der Waals surface area contributed by atoms with Gasteiger partial charge in [0.25, 0.3) is 0 Å². The molecule has 16 heavy (non-hydrogen) atoms. The summed E-state index contributed by atoms with van der Waals surface area (Å²) in [6.45, 7) is 5.03. The lowest BCUT2D eigenvalue weighted by molar-refractivity contribution is -0.141. The van der Waals surface area contributed by atoms with Gasteiger partial charge in [0.05, 0.1) is 18.6 Å². The van der Waals surface area contributed by atoms with Crippen LogP contribution in [0.4, 0.5) is 0 Å². The molecule has 0 aromatic heterocycles. The van der Waals surface area contributed by atoms with Gasteiger partial charge in [0.1, 0.15) is 0 Å². The van der Waals surface area contributed by atoms with Gasteiger partial charge >= 0.3 is 0 Å². The van der Waals surface area contributed by atoms with E-state index >= 15 is 0 Å². The van der Waals surface area contributed by atoms with E-state index in [0.717, 1.165) is 19.5 Å². The number of amides is 1. The first-order chi connectivity index (χ1) is 7.64. The maximum Gasteiger partial charge on any atom is 0.230 e. The van der Waals surface area contributed by atoms with Crippen molar-refractivity contribution in [2.24, 2.45) is 5.41 Å². The molecule has 0 spiro atoms. The van der Waals surface area contributed by atoms with E-state index in [2.05, 4.69) is 5.32 Å². The highest BCUT2D eigenvalue weighted by atomic mass is 16.5. The molecule has 5 heteroatoms. The average molecular weight is 230 g/mol. The van der Waals surface area contributed by atoms with Gasteiger partial charge in [0.15, 0.2) is 0 Å². The minimum absolute atomic E-state index is 0.00103. The van der Waals surface area contributed by atoms with Crippen molar-refractivity contribution in [1.29, 1.82) is 0 Å². The number of nitrogens with zero attached hydrogens (tertiary/aromatic N) is 1. The van der Waals surface area contributed by atoms with Crippen LogP contribution in [-0.2, 0) is 9.53 Å². The summed E-state index contributed by atoms with van der Waals surface area (Å²) in [5.74, 6) is 0.114. The van der Waals surface area contributed by atoms with Gasteiger partial charge in [0.2, 0.25) is 5.91 Å². The summed E-state index contributed by atoms with van der Waals surface area (Å²) in [7, 11) is 1.61. The number of aliphatic hydroxyl groups excluding tert-OH is 1. The zero-order valence-corrected chi connectivity index (χ0v) is 10.2. The Morgan fingerprint density at radius 2 is 2.31 bits per heavy atom. The zero-order chi connectivity index (χ0) is 12.0. The summed E-state index contributed by atoms with van der Waals surface area (Å²) >= 11 is 0. The zero-order valence-electron chi connectivity index (χ0n) is 10.2. The van der Waals surface area contributed by atoms with Crippen molar-refractivity contribution < 1.29 is 14.6 Å². The van der Waals surface area contributed by atoms with Crippen molar-refractivity contribution in [3.63, 3.8) is 0 Å². The third kappa shape index (κ3) is 3.17. The Balaban J connectivity index is 2.58. The van der Waals surface area contributed by atoms with Gasteiger partial charge in [-0.3, -0.25) is 4.79 Å². The van der Waals surface area contributed by atoms with Gasteiger partial charge < -0.3 is 20.1 Å². The second-order valence-corrected chi connectivity index (χ2v) is 4.50. The molecule has 1 fully saturated rings. The second kappa shape index (κ2) is 6.18. The predicted octanol–water partition coefficient (Wildman–Crippen LogP) is -0.547. The van der Waals surface area contributed by atoms with Crippen LogP contribution in [0.2, 0.25) is 0 Å². The number of ether oxygens (including phenoxy) is 1. The molecule has 0 aromatic rings. The van der Waals surface area contributed by atoms with Crippen molar-refractivity contribution >= 4 is 5.91 Å². The number of hydrogen-bond donors (Lipinski definition) is 2. The first kappa shape index (κ1) is 13.4. The molecular formula is C11H22N2O3. The lowest BCUT2D eigenvalue weighted by atomic mass is 9.88. The van der Waals surface area contributed by atoms with Crippen molar-refractivity contribution in [3.8, 4) is 0 Å². The monoisotopic (exact) mass is 230 g/mol. The predicted molar refractivity (Wildman–Crippen MR) is 61.1 cm³/mol. The Labute approximate surface area is 96.8 Å². The number of rotatable bonds is 6. The molecular weight excluding hydrogens is 208 g/mol. The van der Waals surface area contributed by atoms with Crippen LogP contribution in [0, 0.1) is 5.41 Å². The molecule has 1 unspecified atom stereocenters. The molecule has 1 heterocycles. The molecule has 0 radical (unpaired) electrons. The van der Waals surface area contributed by atoms with Gasteiger partial charge in [-0.15, -0.1) is 0 Å². The topological polar surface area (TPSA) is 61.8 Å². The molecule has 0 aromatic carbocycles. The van der Waals surface area contributed by atoms with Crippen molar-refractivity contribution in [3.05, 3.63) is 0 Å². The van der Waals surface area contributed by atoms with Crippen LogP contribution in [0.3, 0.4) is 0 Å². The van der Waals surface area contributed by atoms with E-state index in [-0.39, 0.29) is 17.9 Å². The van der Waals surface area contributed by atoms with Crippen molar-refractivity contribution in [2.75, 3.05) is 46.5 Å². The van der Waals surface area contributed by atoms with Gasteiger partial charge in [-0.25, -0.2) is 0 Å². The summed E-state index contributed by atoms with van der Waals surface area (Å²) in [5, 5.41) is 12.2. The van der Waals surface area contributed by atoms with Crippen LogP contribution in [0.1, 0.15) is 13.3 Å². The highest BCUT2D eigenvalue weighted by molar-refractivity contribution is 5.83. The summed E-state index contributed by atoms with van der Waals surface area (Å²) in [5.41, 5.74) is -0.317. The van der Waals surface area contributed by atoms with Gasteiger partial charge in [-0.05, 0) is 19.9 Å². The van der Waals surface area contributed by atoms with Crippen LogP contribution >= 0.6 is 0 Å². The highest BCUT2D eigenvalue weighted by Crippen LogP contribution is 2.26. The van der Waals surface area contributed by atoms with Gasteiger partial charge in [-0.2, -0.15) is 0 Å². The minimum atomic E-state index is -0.317. The first-order valence-corrected chi connectivity index (χ1v) is 5.74. The molecule has 0 saturated carbocycles. The Morgan fingerprint density at radius 3 is 2.81 bits per heavy atom. The number of carbonyl (C=O) groups is 1. The van der Waals surface area contributed by atoms with Gasteiger partial charge in [-0.1, -0.05) is 0 Å². The fraction of sp³-hybridized carbons (Fsp3) is 0.909. The maximum atomic E-state index is 12.3. The summed E-state index contributed by atoms with van der Waals surface area (Å²) in [6.07, 6.45) is 0.862. The van der Waals surface area contributed by atoms with E-state index in [1.165, 1.54) is 0 Å². The molecule has 0 bridgehead atoms. The van der Waals surface area contributed by atoms with Crippen molar-refractivity contribution in [2.45, 2.75) is 13.3 Å². The summed E-state index contributed by atoms with van der Waals surface area (Å²) in [4.78, 5) is 14.0. The summed E-state index contributed by atoms with van der Waals surface area (Å²) in [6, 6.07) is 0. The number of carbonyl (C=O) groups excluding carboxylic acids is 1. The Hall–Kier alpha value is -0.650. The van der Waals surface area contributed by atoms with Crippen LogP contribution in [0.5, 0.6) is 0 Å². The normalized spacial score (nSPS) is 24.7. The standard InChI is InChI=1S/C11H22N2O3/c1-11(3-4-12-9-11)10(15)13(5-7-14)6-8-16-2/h12,14H,3-9H2,1-2H3. The fourth-order valence-corrected chi connectivity index (χ4v) is 2.02. The number of aliphatic hydroxyl groups is 1. The Morgan fingerprint density at radius 1 is 1.56 bits per heavy atom. The van der Waals surface area contributed by atoms with E-state index in [1.807, 2.05) is 6.92 Å². The maximum absolute atomic E-state index is 12.3. The number of hydrogen-bond acceptors (Lipinski definition) is 4. The third-order valence-electron chi connectivity index (χ3n) is 3.11. The molecule has 1 rings (SSSR count). The molecule has 0 aliphatic carbocycles.